The summed E-state index contributed by atoms with van der Waals surface area (Å²) < 4.78 is 12.3. The van der Waals surface area contributed by atoms with Gasteiger partial charge in [-0.2, -0.15) is 0 Å². The first kappa shape index (κ1) is 28.0. The van der Waals surface area contributed by atoms with Crippen LogP contribution in [0, 0.1) is 17.4 Å². The maximum Gasteiger partial charge on any atom is 0.294 e. The lowest BCUT2D eigenvalue weighted by Gasteiger charge is -2.15. The largest absolute Gasteiger partial charge is 0.493 e. The number of hydrogen-bond acceptors (Lipinski definition) is 6. The highest BCUT2D eigenvalue weighted by atomic mass is 127. The number of aryl methyl sites for hydroxylation is 2. The molecule has 0 aliphatic carbocycles. The van der Waals surface area contributed by atoms with Crippen molar-refractivity contribution < 1.29 is 23.9 Å². The summed E-state index contributed by atoms with van der Waals surface area (Å²) in [4.78, 5) is 39.3. The van der Waals surface area contributed by atoms with Gasteiger partial charge in [0.2, 0.25) is 5.91 Å². The van der Waals surface area contributed by atoms with Gasteiger partial charge in [0.05, 0.1) is 15.6 Å². The Morgan fingerprint density at radius 3 is 2.63 bits per heavy atom. The van der Waals surface area contributed by atoms with Crippen LogP contribution in [-0.2, 0) is 16.2 Å². The number of carbonyl (C=O) groups excluding carboxylic acids is 3. The van der Waals surface area contributed by atoms with Crippen LogP contribution in [0.4, 0.5) is 10.5 Å². The van der Waals surface area contributed by atoms with Gasteiger partial charge in [-0.1, -0.05) is 41.9 Å². The number of nitrogens with one attached hydrogen (secondary N) is 1. The van der Waals surface area contributed by atoms with Crippen LogP contribution in [0.2, 0.25) is 5.02 Å². The molecule has 1 fully saturated rings. The molecule has 4 rings (SSSR count). The van der Waals surface area contributed by atoms with Crippen molar-refractivity contribution in [2.75, 3.05) is 19.0 Å². The fourth-order valence-electron chi connectivity index (χ4n) is 3.72. The van der Waals surface area contributed by atoms with Gasteiger partial charge in [-0.05, 0) is 95.2 Å². The van der Waals surface area contributed by atoms with Gasteiger partial charge in [-0.25, -0.2) is 0 Å². The lowest BCUT2D eigenvalue weighted by molar-refractivity contribution is -0.127. The quantitative estimate of drug-likeness (QED) is 0.211. The van der Waals surface area contributed by atoms with Gasteiger partial charge < -0.3 is 14.8 Å². The first-order chi connectivity index (χ1) is 18.2. The molecule has 1 heterocycles. The zero-order valence-corrected chi connectivity index (χ0v) is 24.6. The van der Waals surface area contributed by atoms with E-state index in [-0.39, 0.29) is 18.1 Å². The molecule has 0 bridgehead atoms. The molecule has 0 aromatic heterocycles. The Kier molecular flexibility index (Phi) is 9.01. The van der Waals surface area contributed by atoms with E-state index in [2.05, 4.69) is 27.9 Å². The normalized spacial score (nSPS) is 14.2. The Balaban J connectivity index is 1.48. The van der Waals surface area contributed by atoms with E-state index in [9.17, 15) is 14.4 Å². The Morgan fingerprint density at radius 1 is 1.13 bits per heavy atom. The van der Waals surface area contributed by atoms with Crippen molar-refractivity contribution in [3.8, 4) is 11.5 Å². The average Bonchev–Trinajstić information content (AvgIpc) is 3.13. The van der Waals surface area contributed by atoms with Crippen LogP contribution in [0.3, 0.4) is 0 Å². The molecule has 1 saturated heterocycles. The maximum absolute atomic E-state index is 13.0. The summed E-state index contributed by atoms with van der Waals surface area (Å²) in [6.07, 6.45) is 1.61. The third-order valence-electron chi connectivity index (χ3n) is 5.72. The molecule has 0 saturated carbocycles. The third kappa shape index (κ3) is 6.51. The van der Waals surface area contributed by atoms with Gasteiger partial charge in [-0.15, -0.1) is 0 Å². The van der Waals surface area contributed by atoms with Gasteiger partial charge in [0.15, 0.2) is 11.5 Å². The molecular weight excluding hydrogens is 639 g/mol. The fourth-order valence-corrected chi connectivity index (χ4v) is 5.53. The van der Waals surface area contributed by atoms with E-state index < -0.39 is 17.1 Å². The molecule has 10 heteroatoms. The van der Waals surface area contributed by atoms with Crippen LogP contribution in [0.1, 0.15) is 22.3 Å². The fraction of sp³-hybridized carbons (Fsp3) is 0.179. The average molecular weight is 663 g/mol. The van der Waals surface area contributed by atoms with E-state index in [0.29, 0.717) is 27.8 Å². The summed E-state index contributed by atoms with van der Waals surface area (Å²) in [5.41, 5.74) is 4.02. The Bertz CT molecular complexity index is 1460. The number of halogens is 2. The van der Waals surface area contributed by atoms with Crippen LogP contribution in [0.25, 0.3) is 6.08 Å². The zero-order valence-electron chi connectivity index (χ0n) is 20.8. The number of imide groups is 1. The van der Waals surface area contributed by atoms with Gasteiger partial charge in [0.25, 0.3) is 11.1 Å². The molecule has 3 aromatic carbocycles. The van der Waals surface area contributed by atoms with E-state index in [4.69, 9.17) is 21.1 Å². The van der Waals surface area contributed by atoms with Gasteiger partial charge in [-0.3, -0.25) is 19.3 Å². The minimum atomic E-state index is -0.524. The van der Waals surface area contributed by atoms with Crippen molar-refractivity contribution in [2.45, 2.75) is 20.5 Å². The smallest absolute Gasteiger partial charge is 0.294 e. The number of anilines is 1. The Hall–Kier alpha value is -3.02. The first-order valence-electron chi connectivity index (χ1n) is 11.5. The lowest BCUT2D eigenvalue weighted by atomic mass is 10.1. The molecule has 3 amide bonds. The van der Waals surface area contributed by atoms with Crippen molar-refractivity contribution in [1.82, 2.24) is 4.90 Å². The van der Waals surface area contributed by atoms with Crippen LogP contribution in [0.5, 0.6) is 11.5 Å². The summed E-state index contributed by atoms with van der Waals surface area (Å²) in [6.45, 7) is 3.68. The lowest BCUT2D eigenvalue weighted by Crippen LogP contribution is -2.36. The highest BCUT2D eigenvalue weighted by Gasteiger charge is 2.36. The molecule has 7 nitrogen and oxygen atoms in total. The first-order valence-corrected chi connectivity index (χ1v) is 13.8. The number of thioether (sulfide) groups is 1. The number of nitrogens with zero attached hydrogens (tertiary/aromatic N) is 1. The summed E-state index contributed by atoms with van der Waals surface area (Å²) in [7, 11) is 1.53. The second-order valence-corrected chi connectivity index (χ2v) is 11.1. The zero-order chi connectivity index (χ0) is 27.4. The van der Waals surface area contributed by atoms with Crippen LogP contribution >= 0.6 is 46.0 Å². The number of benzene rings is 3. The minimum absolute atomic E-state index is 0.220. The number of rotatable bonds is 8. The van der Waals surface area contributed by atoms with Crippen LogP contribution in [-0.4, -0.2) is 35.6 Å². The number of carbonyl (C=O) groups is 3. The molecule has 0 spiro atoms. The van der Waals surface area contributed by atoms with Crippen molar-refractivity contribution in [3.05, 3.63) is 90.3 Å². The van der Waals surface area contributed by atoms with Crippen molar-refractivity contribution in [1.29, 1.82) is 0 Å². The molecule has 1 N–H and O–H groups in total. The number of ether oxygens (including phenoxy) is 2. The number of amides is 3. The van der Waals surface area contributed by atoms with Crippen molar-refractivity contribution in [2.24, 2.45) is 0 Å². The molecule has 0 atom stereocenters. The predicted octanol–water partition coefficient (Wildman–Crippen LogP) is 6.82. The van der Waals surface area contributed by atoms with E-state index in [1.54, 1.807) is 18.2 Å². The second-order valence-electron chi connectivity index (χ2n) is 8.55. The van der Waals surface area contributed by atoms with Gasteiger partial charge in [0.1, 0.15) is 13.2 Å². The predicted molar refractivity (Wildman–Crippen MR) is 159 cm³/mol. The van der Waals surface area contributed by atoms with Crippen LogP contribution < -0.4 is 14.8 Å². The number of methoxy groups -OCH3 is 1. The van der Waals surface area contributed by atoms with Gasteiger partial charge >= 0.3 is 0 Å². The Morgan fingerprint density at radius 2 is 1.89 bits per heavy atom. The molecule has 38 heavy (non-hydrogen) atoms. The van der Waals surface area contributed by atoms with E-state index in [0.717, 1.165) is 36.9 Å². The third-order valence-corrected chi connectivity index (χ3v) is 7.80. The molecule has 0 unspecified atom stereocenters. The second kappa shape index (κ2) is 12.2. The molecular formula is C28H24ClIN2O5S. The molecule has 0 radical (unpaired) electrons. The highest BCUT2D eigenvalue weighted by molar-refractivity contribution is 14.1. The minimum Gasteiger partial charge on any atom is -0.493 e. The Labute approximate surface area is 243 Å². The number of hydrogen-bond donors (Lipinski definition) is 1. The van der Waals surface area contributed by atoms with Crippen molar-refractivity contribution >= 4 is 74.8 Å². The van der Waals surface area contributed by atoms with Gasteiger partial charge in [0, 0.05) is 16.3 Å². The summed E-state index contributed by atoms with van der Waals surface area (Å²) in [5, 5.41) is 2.89. The summed E-state index contributed by atoms with van der Waals surface area (Å²) in [6, 6.07) is 16.7. The molecule has 1 aliphatic heterocycles. The van der Waals surface area contributed by atoms with Crippen molar-refractivity contribution in [3.63, 3.8) is 0 Å². The molecule has 3 aromatic rings. The monoisotopic (exact) mass is 662 g/mol. The maximum atomic E-state index is 13.0. The summed E-state index contributed by atoms with van der Waals surface area (Å²) >= 11 is 9.16. The van der Waals surface area contributed by atoms with E-state index >= 15 is 0 Å². The topological polar surface area (TPSA) is 84.9 Å². The molecule has 196 valence electrons. The van der Waals surface area contributed by atoms with Crippen LogP contribution in [0.15, 0.2) is 59.5 Å². The SMILES string of the molecule is COc1cc(/C=C2/SC(=O)N(CC(=O)Nc3cc(C)ccc3C)C2=O)cc(I)c1OCc1ccccc1Cl. The summed E-state index contributed by atoms with van der Waals surface area (Å²) in [5.74, 6) is 0.0475. The molecule has 1 aliphatic rings. The van der Waals surface area contributed by atoms with E-state index in [1.165, 1.54) is 7.11 Å². The van der Waals surface area contributed by atoms with E-state index in [1.807, 2.05) is 56.3 Å². The highest BCUT2D eigenvalue weighted by Crippen LogP contribution is 2.38. The standard InChI is InChI=1S/C28H24ClIN2O5S/c1-16-8-9-17(2)22(10-16)31-25(33)14-32-27(34)24(38-28(32)35)13-18-11-21(30)26(23(12-18)36-3)37-15-19-6-4-5-7-20(19)29/h4-13H,14-15H2,1-3H3,(H,31,33)/b24-13+.